The Morgan fingerprint density at radius 3 is 2.79 bits per heavy atom. The van der Waals surface area contributed by atoms with Crippen molar-refractivity contribution in [3.8, 4) is 0 Å². The van der Waals surface area contributed by atoms with Gasteiger partial charge in [-0.1, -0.05) is 12.1 Å². The van der Waals surface area contributed by atoms with Gasteiger partial charge in [-0.2, -0.15) is 0 Å². The lowest BCUT2D eigenvalue weighted by molar-refractivity contribution is 0.194. The molecule has 1 heterocycles. The van der Waals surface area contributed by atoms with Gasteiger partial charge in [-0.3, -0.25) is 0 Å². The van der Waals surface area contributed by atoms with Gasteiger partial charge in [0.25, 0.3) is 0 Å². The minimum Gasteiger partial charge on any atom is -0.326 e. The predicted octanol–water partition coefficient (Wildman–Crippen LogP) is 1.89. The summed E-state index contributed by atoms with van der Waals surface area (Å²) < 4.78 is 13.3. The van der Waals surface area contributed by atoms with E-state index in [4.69, 9.17) is 5.73 Å². The second kappa shape index (κ2) is 5.17. The third-order valence-corrected chi connectivity index (χ3v) is 3.51. The van der Waals surface area contributed by atoms with Crippen molar-refractivity contribution in [3.05, 3.63) is 35.1 Å². The maximum absolute atomic E-state index is 13.3. The number of amides is 2. The van der Waals surface area contributed by atoms with Gasteiger partial charge in [-0.25, -0.2) is 9.18 Å². The molecule has 104 valence electrons. The highest BCUT2D eigenvalue weighted by molar-refractivity contribution is 5.77. The van der Waals surface area contributed by atoms with Crippen LogP contribution in [-0.2, 0) is 0 Å². The van der Waals surface area contributed by atoms with Gasteiger partial charge in [0.1, 0.15) is 5.82 Å². The Kier molecular flexibility index (Phi) is 3.75. The molecular weight excluding hydrogens is 245 g/mol. The quantitative estimate of drug-likeness (QED) is 0.907. The second-order valence-corrected chi connectivity index (χ2v) is 5.30. The van der Waals surface area contributed by atoms with Gasteiger partial charge in [0.2, 0.25) is 0 Å². The fourth-order valence-corrected chi connectivity index (χ4v) is 2.47. The Labute approximate surface area is 113 Å². The number of carbonyl (C=O) groups is 1. The Morgan fingerprint density at radius 2 is 2.21 bits per heavy atom. The Hall–Kier alpha value is -1.62. The van der Waals surface area contributed by atoms with Crippen molar-refractivity contribution in [2.45, 2.75) is 25.9 Å². The summed E-state index contributed by atoms with van der Waals surface area (Å²) in [5.41, 5.74) is 7.31. The molecule has 2 atom stereocenters. The third kappa shape index (κ3) is 2.71. The molecule has 0 aliphatic carbocycles. The number of aryl methyl sites for hydroxylation is 1. The molecule has 2 amide bonds. The lowest BCUT2D eigenvalue weighted by Gasteiger charge is -2.18. The first kappa shape index (κ1) is 13.8. The van der Waals surface area contributed by atoms with Crippen LogP contribution in [0.3, 0.4) is 0 Å². The molecule has 2 unspecified atom stereocenters. The lowest BCUT2D eigenvalue weighted by atomic mass is 10.0. The van der Waals surface area contributed by atoms with Gasteiger partial charge in [0.15, 0.2) is 0 Å². The van der Waals surface area contributed by atoms with Gasteiger partial charge >= 0.3 is 6.03 Å². The maximum Gasteiger partial charge on any atom is 0.320 e. The van der Waals surface area contributed by atoms with Crippen LogP contribution in [0.5, 0.6) is 0 Å². The molecule has 1 aliphatic rings. The van der Waals surface area contributed by atoms with Crippen molar-refractivity contribution >= 4 is 6.03 Å². The second-order valence-electron chi connectivity index (χ2n) is 5.30. The summed E-state index contributed by atoms with van der Waals surface area (Å²) in [5.74, 6) is -0.219. The Morgan fingerprint density at radius 1 is 1.53 bits per heavy atom. The molecule has 0 saturated carbocycles. The van der Waals surface area contributed by atoms with Crippen molar-refractivity contribution in [2.75, 3.05) is 20.1 Å². The van der Waals surface area contributed by atoms with Crippen LogP contribution in [0, 0.1) is 12.7 Å². The van der Waals surface area contributed by atoms with E-state index in [9.17, 15) is 9.18 Å². The first-order chi connectivity index (χ1) is 8.90. The minimum atomic E-state index is -0.219. The lowest BCUT2D eigenvalue weighted by Crippen LogP contribution is -2.38. The smallest absolute Gasteiger partial charge is 0.320 e. The summed E-state index contributed by atoms with van der Waals surface area (Å²) in [7, 11) is 1.77. The summed E-state index contributed by atoms with van der Waals surface area (Å²) in [6, 6.07) is 4.89. The normalized spacial score (nSPS) is 21.1. The summed E-state index contributed by atoms with van der Waals surface area (Å²) in [4.78, 5) is 15.5. The molecule has 1 fully saturated rings. The summed E-state index contributed by atoms with van der Waals surface area (Å²) in [5, 5.41) is 0. The van der Waals surface area contributed by atoms with Crippen LogP contribution in [0.4, 0.5) is 9.18 Å². The predicted molar refractivity (Wildman–Crippen MR) is 72.3 cm³/mol. The van der Waals surface area contributed by atoms with E-state index in [2.05, 4.69) is 0 Å². The van der Waals surface area contributed by atoms with Gasteiger partial charge in [0.05, 0.1) is 6.04 Å². The molecule has 0 radical (unpaired) electrons. The van der Waals surface area contributed by atoms with Crippen LogP contribution in [0.25, 0.3) is 0 Å². The molecule has 1 aromatic carbocycles. The van der Waals surface area contributed by atoms with Crippen LogP contribution in [0.1, 0.15) is 24.1 Å². The van der Waals surface area contributed by atoms with E-state index in [1.54, 1.807) is 35.9 Å². The molecule has 1 saturated heterocycles. The number of rotatable bonds is 3. The first-order valence-electron chi connectivity index (χ1n) is 6.43. The van der Waals surface area contributed by atoms with Crippen molar-refractivity contribution < 1.29 is 9.18 Å². The average molecular weight is 265 g/mol. The number of halogens is 1. The number of benzene rings is 1. The van der Waals surface area contributed by atoms with Crippen molar-refractivity contribution in [1.29, 1.82) is 0 Å². The molecule has 1 aliphatic heterocycles. The molecule has 0 aromatic heterocycles. The average Bonchev–Trinajstić information content (AvgIpc) is 2.60. The zero-order valence-electron chi connectivity index (χ0n) is 11.6. The number of nitrogens with two attached hydrogens (primary N) is 1. The fraction of sp³-hybridized carbons (Fsp3) is 0.500. The summed E-state index contributed by atoms with van der Waals surface area (Å²) >= 11 is 0. The van der Waals surface area contributed by atoms with Crippen molar-refractivity contribution in [3.63, 3.8) is 0 Å². The molecule has 4 nitrogen and oxygen atoms in total. The van der Waals surface area contributed by atoms with E-state index >= 15 is 0 Å². The van der Waals surface area contributed by atoms with E-state index in [1.165, 1.54) is 6.07 Å². The molecule has 0 spiro atoms. The number of hydrogen-bond donors (Lipinski definition) is 1. The number of nitrogens with zero attached hydrogens (tertiary/aromatic N) is 2. The van der Waals surface area contributed by atoms with Crippen molar-refractivity contribution in [1.82, 2.24) is 9.80 Å². The monoisotopic (exact) mass is 265 g/mol. The van der Waals surface area contributed by atoms with Gasteiger partial charge in [-0.05, 0) is 31.0 Å². The summed E-state index contributed by atoms with van der Waals surface area (Å²) in [6.07, 6.45) is 0. The topological polar surface area (TPSA) is 49.6 Å². The van der Waals surface area contributed by atoms with E-state index in [0.717, 1.165) is 5.56 Å². The molecule has 5 heteroatoms. The highest BCUT2D eigenvalue weighted by atomic mass is 19.1. The SMILES string of the molecule is Cc1cc(C2CN(CC(C)N)C(=O)N2C)ccc1F. The number of carbonyl (C=O) groups excluding carboxylic acids is 1. The van der Waals surface area contributed by atoms with Crippen LogP contribution in [0.15, 0.2) is 18.2 Å². The zero-order valence-corrected chi connectivity index (χ0v) is 11.6. The molecular formula is C14H20FN3O. The first-order valence-corrected chi connectivity index (χ1v) is 6.43. The van der Waals surface area contributed by atoms with Crippen LogP contribution in [0.2, 0.25) is 0 Å². The molecule has 19 heavy (non-hydrogen) atoms. The number of likely N-dealkylation sites (N-methyl/N-ethyl adjacent to an activating group) is 1. The third-order valence-electron chi connectivity index (χ3n) is 3.51. The molecule has 2 N–H and O–H groups in total. The summed E-state index contributed by atoms with van der Waals surface area (Å²) in [6.45, 7) is 4.75. The Balaban J connectivity index is 2.21. The molecule has 1 aromatic rings. The van der Waals surface area contributed by atoms with Crippen LogP contribution < -0.4 is 5.73 Å². The Bertz CT molecular complexity index is 490. The maximum atomic E-state index is 13.3. The van der Waals surface area contributed by atoms with Crippen LogP contribution in [-0.4, -0.2) is 42.0 Å². The zero-order chi connectivity index (χ0) is 14.2. The fourth-order valence-electron chi connectivity index (χ4n) is 2.47. The van der Waals surface area contributed by atoms with E-state index < -0.39 is 0 Å². The molecule has 0 bridgehead atoms. The standard InChI is InChI=1S/C14H20FN3O/c1-9-6-11(4-5-12(9)15)13-8-18(7-10(2)16)14(19)17(13)3/h4-6,10,13H,7-8,16H2,1-3H3. The van der Waals surface area contributed by atoms with Gasteiger partial charge in [-0.15, -0.1) is 0 Å². The highest BCUT2D eigenvalue weighted by Crippen LogP contribution is 2.29. The van der Waals surface area contributed by atoms with Crippen LogP contribution >= 0.6 is 0 Å². The van der Waals surface area contributed by atoms with E-state index in [0.29, 0.717) is 18.7 Å². The van der Waals surface area contributed by atoms with Crippen molar-refractivity contribution in [2.24, 2.45) is 5.73 Å². The van der Waals surface area contributed by atoms with Gasteiger partial charge < -0.3 is 15.5 Å². The highest BCUT2D eigenvalue weighted by Gasteiger charge is 2.35. The number of hydrogen-bond acceptors (Lipinski definition) is 2. The number of urea groups is 1. The minimum absolute atomic E-state index is 0.0238. The van der Waals surface area contributed by atoms with E-state index in [-0.39, 0.29) is 23.9 Å². The largest absolute Gasteiger partial charge is 0.326 e. The van der Waals surface area contributed by atoms with E-state index in [1.807, 2.05) is 6.92 Å². The van der Waals surface area contributed by atoms with Gasteiger partial charge in [0, 0.05) is 26.2 Å². The molecule has 2 rings (SSSR count).